The van der Waals surface area contributed by atoms with Gasteiger partial charge in [-0.3, -0.25) is 9.36 Å². The summed E-state index contributed by atoms with van der Waals surface area (Å²) in [6, 6.07) is 0. The Labute approximate surface area is 146 Å². The van der Waals surface area contributed by atoms with Gasteiger partial charge >= 0.3 is 13.6 Å². The monoisotopic (exact) mass is 360 g/mol. The summed E-state index contributed by atoms with van der Waals surface area (Å²) < 4.78 is 29.7. The van der Waals surface area contributed by atoms with Crippen molar-refractivity contribution in [2.45, 2.75) is 59.5 Å². The predicted molar refractivity (Wildman–Crippen MR) is 96.1 cm³/mol. The summed E-state index contributed by atoms with van der Waals surface area (Å²) in [6.45, 7) is 14.2. The highest BCUT2D eigenvalue weighted by atomic mass is 31.2. The number of rotatable bonds is 9. The third kappa shape index (κ3) is 5.18. The maximum absolute atomic E-state index is 13.4. The molecule has 1 aliphatic rings. The molecular weight excluding hydrogens is 327 g/mol. The van der Waals surface area contributed by atoms with Gasteiger partial charge in [-0.25, -0.2) is 0 Å². The number of carbonyl (C=O) groups excluding carboxylic acids is 1. The van der Waals surface area contributed by atoms with Gasteiger partial charge in [0.1, 0.15) is 0 Å². The Bertz CT molecular complexity index is 466. The molecule has 0 aromatic rings. The van der Waals surface area contributed by atoms with Crippen molar-refractivity contribution in [1.29, 1.82) is 0 Å². The van der Waals surface area contributed by atoms with Crippen molar-refractivity contribution in [3.8, 4) is 0 Å². The maximum atomic E-state index is 13.4. The van der Waals surface area contributed by atoms with E-state index in [-0.39, 0.29) is 31.7 Å². The van der Waals surface area contributed by atoms with E-state index in [1.54, 1.807) is 20.8 Å². The van der Waals surface area contributed by atoms with Crippen molar-refractivity contribution in [3.63, 3.8) is 0 Å². The van der Waals surface area contributed by atoms with Gasteiger partial charge in [-0.15, -0.1) is 0 Å². The number of carbonyl (C=O) groups is 1. The van der Waals surface area contributed by atoms with Crippen molar-refractivity contribution < 1.29 is 23.1 Å². The third-order valence-corrected chi connectivity index (χ3v) is 7.20. The van der Waals surface area contributed by atoms with Crippen molar-refractivity contribution in [1.82, 2.24) is 0 Å². The minimum absolute atomic E-state index is 0.129. The second-order valence-electron chi connectivity index (χ2n) is 6.61. The Balaban J connectivity index is 3.30. The molecule has 0 heterocycles. The highest BCUT2D eigenvalue weighted by Crippen LogP contribution is 2.59. The lowest BCUT2D eigenvalue weighted by Crippen LogP contribution is -2.40. The summed E-state index contributed by atoms with van der Waals surface area (Å²) in [7, 11) is -3.60. The predicted octanol–water partition coefficient (Wildman–Crippen LogP) is 4.81. The van der Waals surface area contributed by atoms with Crippen LogP contribution in [0.4, 0.5) is 0 Å². The van der Waals surface area contributed by atoms with E-state index in [1.807, 2.05) is 6.92 Å². The summed E-state index contributed by atoms with van der Waals surface area (Å²) in [5.74, 6) is -0.0219. The van der Waals surface area contributed by atoms with Gasteiger partial charge in [-0.05, 0) is 58.3 Å². The first kappa shape index (κ1) is 21.4. The van der Waals surface area contributed by atoms with Crippen LogP contribution in [0.3, 0.4) is 0 Å². The summed E-state index contributed by atoms with van der Waals surface area (Å²) in [6.07, 6.45) is 2.82. The molecule has 5 nitrogen and oxygen atoms in total. The van der Waals surface area contributed by atoms with Gasteiger partial charge in [0.05, 0.1) is 19.8 Å². The van der Waals surface area contributed by atoms with Crippen LogP contribution in [0.5, 0.6) is 0 Å². The van der Waals surface area contributed by atoms with E-state index < -0.39 is 19.2 Å². The Morgan fingerprint density at radius 3 is 2.21 bits per heavy atom. The third-order valence-electron chi connectivity index (χ3n) is 4.69. The average Bonchev–Trinajstić information content (AvgIpc) is 2.47. The Morgan fingerprint density at radius 1 is 1.17 bits per heavy atom. The molecule has 6 heteroatoms. The van der Waals surface area contributed by atoms with E-state index in [0.717, 1.165) is 24.8 Å². The molecule has 0 aliphatic heterocycles. The highest BCUT2D eigenvalue weighted by molar-refractivity contribution is 7.55. The molecule has 1 rings (SSSR count). The fourth-order valence-electron chi connectivity index (χ4n) is 3.71. The smallest absolute Gasteiger partial charge is 0.345 e. The molecule has 0 saturated heterocycles. The van der Waals surface area contributed by atoms with E-state index in [9.17, 15) is 9.36 Å². The topological polar surface area (TPSA) is 61.8 Å². The van der Waals surface area contributed by atoms with Crippen LogP contribution in [0, 0.1) is 17.8 Å². The fourth-order valence-corrected chi connectivity index (χ4v) is 5.96. The van der Waals surface area contributed by atoms with Gasteiger partial charge < -0.3 is 13.8 Å². The van der Waals surface area contributed by atoms with Gasteiger partial charge in [0.25, 0.3) is 0 Å². The second-order valence-corrected chi connectivity index (χ2v) is 8.76. The van der Waals surface area contributed by atoms with E-state index in [0.29, 0.717) is 5.92 Å². The second kappa shape index (κ2) is 9.74. The van der Waals surface area contributed by atoms with Crippen LogP contribution < -0.4 is 0 Å². The van der Waals surface area contributed by atoms with Crippen LogP contribution in [0.1, 0.15) is 53.9 Å². The molecule has 0 N–H and O–H groups in total. The lowest BCUT2D eigenvalue weighted by molar-refractivity contribution is -0.145. The summed E-state index contributed by atoms with van der Waals surface area (Å²) >= 11 is 0. The molecule has 0 aromatic carbocycles. The fraction of sp³-hybridized carbons (Fsp3) is 0.833. The SMILES string of the molecule is C=C(C)[C@H]1CC[C@H](C)C[C@@H]1[C@@H](C(=O)OCC)P(=O)(OCC)OCC. The van der Waals surface area contributed by atoms with Crippen LogP contribution in [0.25, 0.3) is 0 Å². The Hall–Kier alpha value is -0.640. The van der Waals surface area contributed by atoms with E-state index in [2.05, 4.69) is 13.5 Å². The van der Waals surface area contributed by atoms with E-state index in [1.165, 1.54) is 0 Å². The quantitative estimate of drug-likeness (QED) is 0.335. The largest absolute Gasteiger partial charge is 0.465 e. The Kier molecular flexibility index (Phi) is 8.69. The van der Waals surface area contributed by atoms with Crippen LogP contribution in [0.15, 0.2) is 12.2 Å². The summed E-state index contributed by atoms with van der Waals surface area (Å²) in [5, 5.41) is 0. The zero-order valence-electron chi connectivity index (χ0n) is 15.7. The molecule has 24 heavy (non-hydrogen) atoms. The normalized spacial score (nSPS) is 26.0. The molecule has 0 amide bonds. The van der Waals surface area contributed by atoms with Crippen molar-refractivity contribution >= 4 is 13.6 Å². The van der Waals surface area contributed by atoms with E-state index in [4.69, 9.17) is 13.8 Å². The van der Waals surface area contributed by atoms with Crippen molar-refractivity contribution in [2.24, 2.45) is 17.8 Å². The van der Waals surface area contributed by atoms with Gasteiger partial charge in [0, 0.05) is 0 Å². The zero-order valence-corrected chi connectivity index (χ0v) is 16.6. The molecule has 0 aromatic heterocycles. The summed E-state index contributed by atoms with van der Waals surface area (Å²) in [5.41, 5.74) is 0.127. The molecule has 0 spiro atoms. The molecule has 0 radical (unpaired) electrons. The number of esters is 1. The van der Waals surface area contributed by atoms with Crippen LogP contribution in [-0.4, -0.2) is 31.4 Å². The lowest BCUT2D eigenvalue weighted by Gasteiger charge is -2.40. The first-order valence-electron chi connectivity index (χ1n) is 9.01. The van der Waals surface area contributed by atoms with Crippen LogP contribution in [-0.2, 0) is 23.1 Å². The lowest BCUT2D eigenvalue weighted by atomic mass is 9.70. The molecule has 1 saturated carbocycles. The number of allylic oxidation sites excluding steroid dienone is 1. The van der Waals surface area contributed by atoms with Crippen molar-refractivity contribution in [3.05, 3.63) is 12.2 Å². The molecule has 0 bridgehead atoms. The minimum atomic E-state index is -3.60. The van der Waals surface area contributed by atoms with Gasteiger partial charge in [-0.2, -0.15) is 0 Å². The number of hydrogen-bond donors (Lipinski definition) is 0. The number of ether oxygens (including phenoxy) is 1. The van der Waals surface area contributed by atoms with Crippen LogP contribution >= 0.6 is 7.60 Å². The Morgan fingerprint density at radius 2 is 1.75 bits per heavy atom. The molecule has 1 aliphatic carbocycles. The first-order valence-corrected chi connectivity index (χ1v) is 10.6. The van der Waals surface area contributed by atoms with Crippen LogP contribution in [0.2, 0.25) is 0 Å². The molecule has 1 fully saturated rings. The zero-order chi connectivity index (χ0) is 18.3. The molecular formula is C18H33O5P. The van der Waals surface area contributed by atoms with Gasteiger partial charge in [0.2, 0.25) is 0 Å². The first-order chi connectivity index (χ1) is 11.3. The van der Waals surface area contributed by atoms with Gasteiger partial charge in [0.15, 0.2) is 5.66 Å². The van der Waals surface area contributed by atoms with Crippen molar-refractivity contribution in [2.75, 3.05) is 19.8 Å². The average molecular weight is 360 g/mol. The summed E-state index contributed by atoms with van der Waals surface area (Å²) in [4.78, 5) is 12.7. The minimum Gasteiger partial charge on any atom is -0.465 e. The number of hydrogen-bond acceptors (Lipinski definition) is 5. The molecule has 0 unspecified atom stereocenters. The van der Waals surface area contributed by atoms with E-state index >= 15 is 0 Å². The molecule has 140 valence electrons. The maximum Gasteiger partial charge on any atom is 0.345 e. The highest BCUT2D eigenvalue weighted by Gasteiger charge is 2.51. The molecule has 4 atom stereocenters. The van der Waals surface area contributed by atoms with Gasteiger partial charge in [-0.1, -0.05) is 25.5 Å². The standard InChI is InChI=1S/C18H33O5P/c1-7-21-18(19)17(24(20,22-8-2)23-9-3)16-12-14(6)10-11-15(16)13(4)5/h14-17H,4,7-12H2,1-3,5-6H3/t14-,15+,16-,17-/m0/s1.